The molecule has 21 heavy (non-hydrogen) atoms. The molecule has 1 fully saturated rings. The summed E-state index contributed by atoms with van der Waals surface area (Å²) < 4.78 is 6.12. The highest BCUT2D eigenvalue weighted by molar-refractivity contribution is 7.16. The van der Waals surface area contributed by atoms with Crippen molar-refractivity contribution < 1.29 is 9.84 Å². The van der Waals surface area contributed by atoms with E-state index in [4.69, 9.17) is 22.1 Å². The van der Waals surface area contributed by atoms with E-state index in [2.05, 4.69) is 11.8 Å². The summed E-state index contributed by atoms with van der Waals surface area (Å²) in [6.07, 6.45) is 2.24. The van der Waals surface area contributed by atoms with Gasteiger partial charge in [0.1, 0.15) is 0 Å². The molecule has 0 radical (unpaired) electrons. The normalized spacial score (nSPS) is 21.4. The average molecular weight is 333 g/mol. The van der Waals surface area contributed by atoms with Gasteiger partial charge in [0.25, 0.3) is 0 Å². The number of nitrogens with zero attached hydrogens (tertiary/aromatic N) is 1. The van der Waals surface area contributed by atoms with Gasteiger partial charge in [-0.3, -0.25) is 4.90 Å². The van der Waals surface area contributed by atoms with E-state index in [9.17, 15) is 5.11 Å². The van der Waals surface area contributed by atoms with Gasteiger partial charge in [0, 0.05) is 43.5 Å². The number of thiophene rings is 1. The fourth-order valence-corrected chi connectivity index (χ4v) is 4.24. The van der Waals surface area contributed by atoms with Crippen LogP contribution in [0.15, 0.2) is 12.1 Å². The predicted octanol–water partition coefficient (Wildman–Crippen LogP) is 2.65. The minimum atomic E-state index is -0.681. The molecule has 0 saturated carbocycles. The monoisotopic (exact) mass is 332 g/mol. The Balaban J connectivity index is 2.12. The van der Waals surface area contributed by atoms with E-state index in [0.29, 0.717) is 32.6 Å². The lowest BCUT2D eigenvalue weighted by Crippen LogP contribution is -2.49. The summed E-state index contributed by atoms with van der Waals surface area (Å²) in [5.74, 6) is 0. The molecule has 2 heterocycles. The maximum Gasteiger partial charge on any atom is 0.0931 e. The number of ether oxygens (including phenoxy) is 1. The van der Waals surface area contributed by atoms with Crippen molar-refractivity contribution in [2.45, 2.75) is 43.9 Å². The molecule has 1 aliphatic heterocycles. The second kappa shape index (κ2) is 7.40. The molecule has 0 aromatic carbocycles. The van der Waals surface area contributed by atoms with Gasteiger partial charge in [-0.2, -0.15) is 0 Å². The lowest BCUT2D eigenvalue weighted by molar-refractivity contribution is -0.0825. The van der Waals surface area contributed by atoms with Gasteiger partial charge in [-0.1, -0.05) is 18.5 Å². The van der Waals surface area contributed by atoms with Crippen molar-refractivity contribution in [1.82, 2.24) is 4.90 Å². The number of nitrogens with two attached hydrogens (primary N) is 1. The standard InChI is InChI=1S/C15H25ClN2O2S/c1-3-11(17)14(12-4-5-13(16)21-12)18(2)10-15(19)6-8-20-9-7-15/h4-5,11,14,19H,3,6-10,17H2,1-2H3. The van der Waals surface area contributed by atoms with Crippen molar-refractivity contribution in [1.29, 1.82) is 0 Å². The number of rotatable bonds is 6. The molecule has 1 aromatic heterocycles. The Hall–Kier alpha value is -0.170. The maximum atomic E-state index is 10.7. The van der Waals surface area contributed by atoms with E-state index in [1.807, 2.05) is 19.2 Å². The fourth-order valence-electron chi connectivity index (χ4n) is 2.94. The third-order valence-electron chi connectivity index (χ3n) is 4.20. The Morgan fingerprint density at radius 3 is 2.67 bits per heavy atom. The SMILES string of the molecule is CCC(N)C(c1ccc(Cl)s1)N(C)CC1(O)CCOCC1. The zero-order valence-electron chi connectivity index (χ0n) is 12.7. The zero-order valence-corrected chi connectivity index (χ0v) is 14.3. The van der Waals surface area contributed by atoms with Crippen molar-refractivity contribution in [2.75, 3.05) is 26.8 Å². The van der Waals surface area contributed by atoms with Gasteiger partial charge in [-0.15, -0.1) is 11.3 Å². The molecule has 2 rings (SSSR count). The minimum Gasteiger partial charge on any atom is -0.388 e. The predicted molar refractivity (Wildman–Crippen MR) is 88.0 cm³/mol. The van der Waals surface area contributed by atoms with Gasteiger partial charge >= 0.3 is 0 Å². The molecular weight excluding hydrogens is 308 g/mol. The van der Waals surface area contributed by atoms with Crippen LogP contribution in [0.25, 0.3) is 0 Å². The highest BCUT2D eigenvalue weighted by Gasteiger charge is 2.34. The summed E-state index contributed by atoms with van der Waals surface area (Å²) >= 11 is 7.64. The van der Waals surface area contributed by atoms with E-state index in [1.54, 1.807) is 11.3 Å². The number of hydrogen-bond donors (Lipinski definition) is 2. The first-order valence-electron chi connectivity index (χ1n) is 7.46. The van der Waals surface area contributed by atoms with Gasteiger partial charge in [-0.05, 0) is 25.6 Å². The molecule has 2 atom stereocenters. The molecule has 0 amide bonds. The molecular formula is C15H25ClN2O2S. The highest BCUT2D eigenvalue weighted by Crippen LogP contribution is 2.34. The Bertz CT molecular complexity index is 449. The van der Waals surface area contributed by atoms with E-state index < -0.39 is 5.60 Å². The van der Waals surface area contributed by atoms with Crippen LogP contribution in [0.3, 0.4) is 0 Å². The van der Waals surface area contributed by atoms with Crippen LogP contribution >= 0.6 is 22.9 Å². The van der Waals surface area contributed by atoms with E-state index >= 15 is 0 Å². The number of hydrogen-bond acceptors (Lipinski definition) is 5. The first-order valence-corrected chi connectivity index (χ1v) is 8.66. The highest BCUT2D eigenvalue weighted by atomic mass is 35.5. The molecule has 1 saturated heterocycles. The second-order valence-electron chi connectivity index (χ2n) is 5.91. The third-order valence-corrected chi connectivity index (χ3v) is 5.51. The summed E-state index contributed by atoms with van der Waals surface area (Å²) in [5.41, 5.74) is 5.64. The average Bonchev–Trinajstić information content (AvgIpc) is 2.85. The summed E-state index contributed by atoms with van der Waals surface area (Å²) in [5, 5.41) is 10.7. The van der Waals surface area contributed by atoms with Crippen molar-refractivity contribution in [3.8, 4) is 0 Å². The molecule has 1 aromatic rings. The van der Waals surface area contributed by atoms with E-state index in [1.165, 1.54) is 0 Å². The molecule has 0 aliphatic carbocycles. The second-order valence-corrected chi connectivity index (χ2v) is 7.66. The largest absolute Gasteiger partial charge is 0.388 e. The molecule has 120 valence electrons. The lowest BCUT2D eigenvalue weighted by Gasteiger charge is -2.39. The molecule has 0 spiro atoms. The molecule has 2 unspecified atom stereocenters. The summed E-state index contributed by atoms with van der Waals surface area (Å²) in [7, 11) is 2.03. The van der Waals surface area contributed by atoms with Crippen molar-refractivity contribution in [3.05, 3.63) is 21.3 Å². The summed E-state index contributed by atoms with van der Waals surface area (Å²) in [6, 6.07) is 4.05. The van der Waals surface area contributed by atoms with Crippen LogP contribution in [-0.4, -0.2) is 48.5 Å². The topological polar surface area (TPSA) is 58.7 Å². The first-order chi connectivity index (χ1) is 9.95. The van der Waals surface area contributed by atoms with E-state index in [0.717, 1.165) is 15.6 Å². The molecule has 3 N–H and O–H groups in total. The number of aliphatic hydroxyl groups is 1. The van der Waals surface area contributed by atoms with Gasteiger partial charge in [-0.25, -0.2) is 0 Å². The quantitative estimate of drug-likeness (QED) is 0.840. The smallest absolute Gasteiger partial charge is 0.0931 e. The van der Waals surface area contributed by atoms with Gasteiger partial charge < -0.3 is 15.6 Å². The fraction of sp³-hybridized carbons (Fsp3) is 0.733. The molecule has 4 nitrogen and oxygen atoms in total. The zero-order chi connectivity index (χ0) is 15.5. The Morgan fingerprint density at radius 2 is 2.14 bits per heavy atom. The van der Waals surface area contributed by atoms with Crippen LogP contribution < -0.4 is 5.73 Å². The van der Waals surface area contributed by atoms with Gasteiger partial charge in [0.2, 0.25) is 0 Å². The summed E-state index contributed by atoms with van der Waals surface area (Å²) in [4.78, 5) is 3.33. The first kappa shape index (κ1) is 17.2. The van der Waals surface area contributed by atoms with Crippen molar-refractivity contribution >= 4 is 22.9 Å². The van der Waals surface area contributed by atoms with Crippen LogP contribution in [-0.2, 0) is 4.74 Å². The third kappa shape index (κ3) is 4.41. The van der Waals surface area contributed by atoms with Crippen LogP contribution in [0.4, 0.5) is 0 Å². The Morgan fingerprint density at radius 1 is 1.48 bits per heavy atom. The molecule has 6 heteroatoms. The van der Waals surface area contributed by atoms with Crippen LogP contribution in [0.2, 0.25) is 4.34 Å². The van der Waals surface area contributed by atoms with Crippen LogP contribution in [0.5, 0.6) is 0 Å². The Kier molecular flexibility index (Phi) is 6.05. The lowest BCUT2D eigenvalue weighted by atomic mass is 9.92. The van der Waals surface area contributed by atoms with Gasteiger partial charge in [0.05, 0.1) is 16.0 Å². The van der Waals surface area contributed by atoms with Gasteiger partial charge in [0.15, 0.2) is 0 Å². The van der Waals surface area contributed by atoms with E-state index in [-0.39, 0.29) is 12.1 Å². The van der Waals surface area contributed by atoms with Crippen molar-refractivity contribution in [3.63, 3.8) is 0 Å². The number of halogens is 1. The minimum absolute atomic E-state index is 0.0214. The molecule has 0 bridgehead atoms. The number of likely N-dealkylation sites (N-methyl/N-ethyl adjacent to an activating group) is 1. The van der Waals surface area contributed by atoms with Crippen LogP contribution in [0, 0.1) is 0 Å². The van der Waals surface area contributed by atoms with Crippen molar-refractivity contribution in [2.24, 2.45) is 5.73 Å². The van der Waals surface area contributed by atoms with Crippen LogP contribution in [0.1, 0.15) is 37.1 Å². The Labute approximate surface area is 135 Å². The maximum absolute atomic E-state index is 10.7. The molecule has 1 aliphatic rings. The summed E-state index contributed by atoms with van der Waals surface area (Å²) in [6.45, 7) is 3.94.